The van der Waals surface area contributed by atoms with E-state index >= 15 is 0 Å². The van der Waals surface area contributed by atoms with Crippen LogP contribution in [0.3, 0.4) is 0 Å². The van der Waals surface area contributed by atoms with Gasteiger partial charge in [-0.1, -0.05) is 26.7 Å². The lowest BCUT2D eigenvalue weighted by molar-refractivity contribution is 0.174. The summed E-state index contributed by atoms with van der Waals surface area (Å²) in [5, 5.41) is 0. The Morgan fingerprint density at radius 3 is 2.75 bits per heavy atom. The zero-order valence-electron chi connectivity index (χ0n) is 8.31. The first-order valence-corrected chi connectivity index (χ1v) is 4.99. The van der Waals surface area contributed by atoms with Crippen molar-refractivity contribution in [2.24, 2.45) is 11.7 Å². The maximum Gasteiger partial charge on any atom is 0.0647 e. The summed E-state index contributed by atoms with van der Waals surface area (Å²) < 4.78 is 5.29. The van der Waals surface area contributed by atoms with Crippen LogP contribution in [0.25, 0.3) is 0 Å². The summed E-state index contributed by atoms with van der Waals surface area (Å²) in [4.78, 5) is 0. The fourth-order valence-electron chi connectivity index (χ4n) is 1.68. The highest BCUT2D eigenvalue weighted by Gasteiger charge is 2.29. The summed E-state index contributed by atoms with van der Waals surface area (Å²) in [6.07, 6.45) is 4.72. The number of rotatable bonds is 4. The van der Waals surface area contributed by atoms with Gasteiger partial charge in [0.05, 0.1) is 6.61 Å². The van der Waals surface area contributed by atoms with Gasteiger partial charge in [-0.15, -0.1) is 0 Å². The van der Waals surface area contributed by atoms with Crippen molar-refractivity contribution in [2.45, 2.75) is 45.1 Å². The third-order valence-electron chi connectivity index (χ3n) is 2.59. The van der Waals surface area contributed by atoms with Crippen LogP contribution >= 0.6 is 0 Å². The first-order chi connectivity index (χ1) is 5.62. The van der Waals surface area contributed by atoms with Crippen LogP contribution < -0.4 is 5.73 Å². The van der Waals surface area contributed by atoms with E-state index < -0.39 is 0 Å². The largest absolute Gasteiger partial charge is 0.379 e. The normalized spacial score (nSPS) is 30.0. The molecule has 0 saturated carbocycles. The Hall–Kier alpha value is -0.0800. The lowest BCUT2D eigenvalue weighted by atomic mass is 9.91. The molecule has 0 aromatic heterocycles. The van der Waals surface area contributed by atoms with E-state index in [1.54, 1.807) is 0 Å². The Balaban J connectivity index is 2.13. The van der Waals surface area contributed by atoms with E-state index in [0.717, 1.165) is 32.0 Å². The van der Waals surface area contributed by atoms with Crippen molar-refractivity contribution in [3.05, 3.63) is 0 Å². The molecule has 0 spiro atoms. The topological polar surface area (TPSA) is 35.2 Å². The summed E-state index contributed by atoms with van der Waals surface area (Å²) >= 11 is 0. The molecule has 1 rings (SSSR count). The number of nitrogens with two attached hydrogens (primary N) is 1. The highest BCUT2D eigenvalue weighted by atomic mass is 16.5. The highest BCUT2D eigenvalue weighted by Crippen LogP contribution is 2.22. The predicted molar refractivity (Wildman–Crippen MR) is 51.0 cm³/mol. The average Bonchev–Trinajstić information content (AvgIpc) is 2.35. The zero-order chi connectivity index (χ0) is 9.03. The van der Waals surface area contributed by atoms with E-state index in [1.807, 2.05) is 0 Å². The van der Waals surface area contributed by atoms with Gasteiger partial charge in [-0.05, 0) is 18.8 Å². The summed E-state index contributed by atoms with van der Waals surface area (Å²) in [6, 6.07) is 0. The van der Waals surface area contributed by atoms with E-state index in [9.17, 15) is 0 Å². The second kappa shape index (κ2) is 4.24. The van der Waals surface area contributed by atoms with Crippen LogP contribution in [0.15, 0.2) is 0 Å². The molecule has 72 valence electrons. The summed E-state index contributed by atoms with van der Waals surface area (Å²) in [5.41, 5.74) is 6.13. The number of hydrogen-bond acceptors (Lipinski definition) is 2. The van der Waals surface area contributed by atoms with Gasteiger partial charge < -0.3 is 10.5 Å². The van der Waals surface area contributed by atoms with Gasteiger partial charge in [-0.25, -0.2) is 0 Å². The van der Waals surface area contributed by atoms with Gasteiger partial charge in [0.2, 0.25) is 0 Å². The molecule has 0 bridgehead atoms. The molecule has 1 unspecified atom stereocenters. The minimum Gasteiger partial charge on any atom is -0.379 e. The van der Waals surface area contributed by atoms with E-state index in [4.69, 9.17) is 10.5 Å². The summed E-state index contributed by atoms with van der Waals surface area (Å²) in [5.74, 6) is 0.802. The molecule has 0 radical (unpaired) electrons. The van der Waals surface area contributed by atoms with Crippen LogP contribution in [-0.4, -0.2) is 18.8 Å². The maximum absolute atomic E-state index is 6.12. The van der Waals surface area contributed by atoms with Crippen LogP contribution in [0.5, 0.6) is 0 Å². The van der Waals surface area contributed by atoms with Crippen molar-refractivity contribution in [1.82, 2.24) is 0 Å². The van der Waals surface area contributed by atoms with Gasteiger partial charge in [0.15, 0.2) is 0 Å². The molecule has 0 aromatic rings. The van der Waals surface area contributed by atoms with Crippen molar-refractivity contribution in [2.75, 3.05) is 13.2 Å². The molecule has 0 aliphatic carbocycles. The number of ether oxygens (including phenoxy) is 1. The molecule has 1 fully saturated rings. The first kappa shape index (κ1) is 10.0. The second-order valence-electron chi connectivity index (χ2n) is 4.45. The molecule has 1 aliphatic rings. The third kappa shape index (κ3) is 3.11. The van der Waals surface area contributed by atoms with Crippen LogP contribution in [0.4, 0.5) is 0 Å². The van der Waals surface area contributed by atoms with E-state index in [1.165, 1.54) is 12.8 Å². The Bertz CT molecular complexity index is 128. The second-order valence-corrected chi connectivity index (χ2v) is 4.45. The van der Waals surface area contributed by atoms with Crippen molar-refractivity contribution in [3.63, 3.8) is 0 Å². The molecule has 2 nitrogen and oxygen atoms in total. The fourth-order valence-corrected chi connectivity index (χ4v) is 1.68. The van der Waals surface area contributed by atoms with Gasteiger partial charge in [0.25, 0.3) is 0 Å². The van der Waals surface area contributed by atoms with E-state index in [2.05, 4.69) is 13.8 Å². The molecular weight excluding hydrogens is 150 g/mol. The fraction of sp³-hybridized carbons (Fsp3) is 1.00. The maximum atomic E-state index is 6.12. The summed E-state index contributed by atoms with van der Waals surface area (Å²) in [7, 11) is 0. The average molecular weight is 171 g/mol. The Morgan fingerprint density at radius 2 is 2.25 bits per heavy atom. The molecule has 0 aromatic carbocycles. The van der Waals surface area contributed by atoms with E-state index in [-0.39, 0.29) is 5.54 Å². The molecule has 2 heteroatoms. The Labute approximate surface area is 75.5 Å². The molecule has 1 saturated heterocycles. The first-order valence-electron chi connectivity index (χ1n) is 4.99. The number of hydrogen-bond donors (Lipinski definition) is 1. The quantitative estimate of drug-likeness (QED) is 0.701. The molecule has 2 N–H and O–H groups in total. The highest BCUT2D eigenvalue weighted by molar-refractivity contribution is 4.87. The Morgan fingerprint density at radius 1 is 1.50 bits per heavy atom. The molecular formula is C10H21NO. The van der Waals surface area contributed by atoms with Crippen LogP contribution in [0.1, 0.15) is 39.5 Å². The predicted octanol–water partition coefficient (Wildman–Crippen LogP) is 1.93. The molecule has 1 heterocycles. The molecule has 0 amide bonds. The van der Waals surface area contributed by atoms with E-state index in [0.29, 0.717) is 0 Å². The SMILES string of the molecule is CC(C)CCCC1(N)CCOC1. The van der Waals surface area contributed by atoms with Crippen LogP contribution in [-0.2, 0) is 4.74 Å². The summed E-state index contributed by atoms with van der Waals surface area (Å²) in [6.45, 7) is 6.14. The molecule has 12 heavy (non-hydrogen) atoms. The minimum absolute atomic E-state index is 0.00882. The third-order valence-corrected chi connectivity index (χ3v) is 2.59. The minimum atomic E-state index is 0.00882. The van der Waals surface area contributed by atoms with Gasteiger partial charge in [-0.3, -0.25) is 0 Å². The van der Waals surface area contributed by atoms with Gasteiger partial charge in [0.1, 0.15) is 0 Å². The van der Waals surface area contributed by atoms with Crippen molar-refractivity contribution in [3.8, 4) is 0 Å². The monoisotopic (exact) mass is 171 g/mol. The van der Waals surface area contributed by atoms with Crippen LogP contribution in [0, 0.1) is 5.92 Å². The smallest absolute Gasteiger partial charge is 0.0647 e. The zero-order valence-corrected chi connectivity index (χ0v) is 8.31. The van der Waals surface area contributed by atoms with Crippen molar-refractivity contribution >= 4 is 0 Å². The molecule has 1 atom stereocenters. The standard InChI is InChI=1S/C10H21NO/c1-9(2)4-3-5-10(11)6-7-12-8-10/h9H,3-8,11H2,1-2H3. The lowest BCUT2D eigenvalue weighted by Gasteiger charge is -2.21. The van der Waals surface area contributed by atoms with Gasteiger partial charge in [0, 0.05) is 12.1 Å². The lowest BCUT2D eigenvalue weighted by Crippen LogP contribution is -2.40. The van der Waals surface area contributed by atoms with Crippen LogP contribution in [0.2, 0.25) is 0 Å². The van der Waals surface area contributed by atoms with Gasteiger partial charge >= 0.3 is 0 Å². The van der Waals surface area contributed by atoms with Crippen molar-refractivity contribution in [1.29, 1.82) is 0 Å². The molecule has 1 aliphatic heterocycles. The van der Waals surface area contributed by atoms with Gasteiger partial charge in [-0.2, -0.15) is 0 Å². The van der Waals surface area contributed by atoms with Crippen molar-refractivity contribution < 1.29 is 4.74 Å². The Kier molecular flexibility index (Phi) is 3.53.